The van der Waals surface area contributed by atoms with E-state index in [4.69, 9.17) is 4.74 Å². The minimum Gasteiger partial charge on any atom is -0.462 e. The molecule has 0 aliphatic carbocycles. The first-order valence-electron chi connectivity index (χ1n) is 6.43. The third-order valence-electron chi connectivity index (χ3n) is 3.95. The Morgan fingerprint density at radius 1 is 1.56 bits per heavy atom. The van der Waals surface area contributed by atoms with E-state index < -0.39 is 11.7 Å². The smallest absolute Gasteiger partial charge is 0.359 e. The van der Waals surface area contributed by atoms with Crippen LogP contribution in [0, 0.1) is 0 Å². The fraction of sp³-hybridized carbons (Fsp3) is 0.500. The van der Waals surface area contributed by atoms with Crippen LogP contribution in [0.4, 0.5) is 5.69 Å². The number of fused-ring (bicyclic) bond motifs is 2. The van der Waals surface area contributed by atoms with E-state index in [-0.39, 0.29) is 5.92 Å². The highest BCUT2D eigenvalue weighted by Crippen LogP contribution is 2.48. The van der Waals surface area contributed by atoms with Crippen molar-refractivity contribution in [2.45, 2.75) is 31.4 Å². The van der Waals surface area contributed by atoms with Crippen LogP contribution in [-0.2, 0) is 9.53 Å². The van der Waals surface area contributed by atoms with Gasteiger partial charge in [-0.2, -0.15) is 0 Å². The van der Waals surface area contributed by atoms with Crippen molar-refractivity contribution in [1.82, 2.24) is 0 Å². The Hall–Kier alpha value is -1.55. The molecule has 1 aromatic rings. The number of anilines is 1. The van der Waals surface area contributed by atoms with Gasteiger partial charge in [-0.15, -0.1) is 0 Å². The molecular weight excluding hydrogens is 230 g/mol. The third-order valence-corrected chi connectivity index (χ3v) is 3.95. The van der Waals surface area contributed by atoms with Crippen LogP contribution in [0.3, 0.4) is 0 Å². The van der Waals surface area contributed by atoms with Gasteiger partial charge in [0.2, 0.25) is 5.72 Å². The highest BCUT2D eigenvalue weighted by molar-refractivity contribution is 5.85. The number of carbonyl (C=O) groups excluding carboxylic acids is 1. The Labute approximate surface area is 106 Å². The number of benzene rings is 1. The van der Waals surface area contributed by atoms with E-state index in [1.807, 2.05) is 18.2 Å². The summed E-state index contributed by atoms with van der Waals surface area (Å²) in [6.07, 6.45) is 1.42. The predicted molar refractivity (Wildman–Crippen MR) is 67.3 cm³/mol. The Balaban J connectivity index is 2.02. The molecule has 4 heteroatoms. The molecule has 3 aliphatic rings. The largest absolute Gasteiger partial charge is 0.462 e. The Kier molecular flexibility index (Phi) is 2.55. The summed E-state index contributed by atoms with van der Waals surface area (Å²) in [5, 5.41) is 10.7. The molecule has 4 nitrogen and oxygen atoms in total. The first kappa shape index (κ1) is 11.5. The van der Waals surface area contributed by atoms with Crippen LogP contribution in [-0.4, -0.2) is 30.0 Å². The lowest BCUT2D eigenvalue weighted by Crippen LogP contribution is -2.62. The minimum atomic E-state index is -1.48. The molecule has 1 saturated heterocycles. The zero-order valence-electron chi connectivity index (χ0n) is 10.4. The molecule has 2 unspecified atom stereocenters. The van der Waals surface area contributed by atoms with Crippen LogP contribution in [0.2, 0.25) is 0 Å². The zero-order valence-corrected chi connectivity index (χ0v) is 10.4. The van der Waals surface area contributed by atoms with Crippen molar-refractivity contribution in [3.63, 3.8) is 0 Å². The normalized spacial score (nSPS) is 29.0. The molecule has 0 radical (unpaired) electrons. The number of piperidine rings is 1. The SMILES string of the molecule is CCOC(=O)C1(O)CC2CCN1c1ccccc12. The van der Waals surface area contributed by atoms with Crippen molar-refractivity contribution in [1.29, 1.82) is 0 Å². The van der Waals surface area contributed by atoms with Crippen LogP contribution < -0.4 is 4.90 Å². The van der Waals surface area contributed by atoms with Crippen molar-refractivity contribution in [2.75, 3.05) is 18.1 Å². The second-order valence-electron chi connectivity index (χ2n) is 4.94. The van der Waals surface area contributed by atoms with Gasteiger partial charge in [-0.05, 0) is 30.9 Å². The lowest BCUT2D eigenvalue weighted by molar-refractivity contribution is -0.168. The number of esters is 1. The van der Waals surface area contributed by atoms with Crippen LogP contribution >= 0.6 is 0 Å². The van der Waals surface area contributed by atoms with Gasteiger partial charge in [-0.1, -0.05) is 18.2 Å². The van der Waals surface area contributed by atoms with Gasteiger partial charge in [0.05, 0.1) is 6.61 Å². The summed E-state index contributed by atoms with van der Waals surface area (Å²) in [7, 11) is 0. The van der Waals surface area contributed by atoms with Crippen molar-refractivity contribution in [3.05, 3.63) is 29.8 Å². The van der Waals surface area contributed by atoms with E-state index in [0.29, 0.717) is 19.6 Å². The van der Waals surface area contributed by atoms with Crippen LogP contribution in [0.15, 0.2) is 24.3 Å². The van der Waals surface area contributed by atoms with Crippen molar-refractivity contribution in [2.24, 2.45) is 0 Å². The van der Waals surface area contributed by atoms with Crippen LogP contribution in [0.5, 0.6) is 0 Å². The number of hydrogen-bond donors (Lipinski definition) is 1. The number of ether oxygens (including phenoxy) is 1. The molecule has 2 bridgehead atoms. The quantitative estimate of drug-likeness (QED) is 0.807. The molecule has 0 saturated carbocycles. The number of rotatable bonds is 2. The maximum absolute atomic E-state index is 12.0. The summed E-state index contributed by atoms with van der Waals surface area (Å²) in [5.74, 6) is -0.273. The topological polar surface area (TPSA) is 49.8 Å². The number of carbonyl (C=O) groups is 1. The van der Waals surface area contributed by atoms with Gasteiger partial charge in [-0.25, -0.2) is 4.79 Å². The summed E-state index contributed by atoms with van der Waals surface area (Å²) in [4.78, 5) is 13.8. The molecule has 96 valence electrons. The molecule has 0 aromatic heterocycles. The van der Waals surface area contributed by atoms with Gasteiger partial charge in [0.15, 0.2) is 0 Å². The van der Waals surface area contributed by atoms with E-state index in [2.05, 4.69) is 6.07 Å². The highest BCUT2D eigenvalue weighted by Gasteiger charge is 2.52. The highest BCUT2D eigenvalue weighted by atomic mass is 16.6. The average Bonchev–Trinajstić information content (AvgIpc) is 2.40. The lowest BCUT2D eigenvalue weighted by Gasteiger charge is -2.51. The monoisotopic (exact) mass is 247 g/mol. The van der Waals surface area contributed by atoms with E-state index >= 15 is 0 Å². The Morgan fingerprint density at radius 2 is 2.33 bits per heavy atom. The number of para-hydroxylation sites is 1. The maximum Gasteiger partial charge on any atom is 0.359 e. The first-order chi connectivity index (χ1) is 8.66. The molecular formula is C14H17NO3. The molecule has 4 rings (SSSR count). The molecule has 3 aliphatic heterocycles. The molecule has 3 heterocycles. The standard InChI is InChI=1S/C14H17NO3/c1-2-18-13(16)14(17)9-10-7-8-15(14)12-6-4-3-5-11(10)12/h3-6,10,17H,2,7-9H2,1H3. The molecule has 18 heavy (non-hydrogen) atoms. The van der Waals surface area contributed by atoms with Gasteiger partial charge >= 0.3 is 5.97 Å². The second-order valence-corrected chi connectivity index (χ2v) is 4.94. The van der Waals surface area contributed by atoms with Crippen LogP contribution in [0.25, 0.3) is 0 Å². The van der Waals surface area contributed by atoms with Gasteiger partial charge in [-0.3, -0.25) is 0 Å². The van der Waals surface area contributed by atoms with E-state index in [9.17, 15) is 9.90 Å². The first-order valence-corrected chi connectivity index (χ1v) is 6.43. The maximum atomic E-state index is 12.0. The second kappa shape index (κ2) is 3.99. The van der Waals surface area contributed by atoms with Gasteiger partial charge in [0, 0.05) is 18.7 Å². The van der Waals surface area contributed by atoms with Crippen LogP contribution in [0.1, 0.15) is 31.2 Å². The van der Waals surface area contributed by atoms with Crippen molar-refractivity contribution >= 4 is 11.7 Å². The Morgan fingerprint density at radius 3 is 3.11 bits per heavy atom. The minimum absolute atomic E-state index is 0.251. The number of nitrogens with zero attached hydrogens (tertiary/aromatic N) is 1. The van der Waals surface area contributed by atoms with Crippen molar-refractivity contribution < 1.29 is 14.6 Å². The molecule has 0 amide bonds. The fourth-order valence-electron chi connectivity index (χ4n) is 3.13. The molecule has 2 atom stereocenters. The lowest BCUT2D eigenvalue weighted by atomic mass is 9.77. The predicted octanol–water partition coefficient (Wildman–Crippen LogP) is 1.64. The van der Waals surface area contributed by atoms with Gasteiger partial charge < -0.3 is 14.7 Å². The summed E-state index contributed by atoms with van der Waals surface area (Å²) in [5.41, 5.74) is 0.723. The molecule has 1 N–H and O–H groups in total. The van der Waals surface area contributed by atoms with E-state index in [1.165, 1.54) is 5.56 Å². The summed E-state index contributed by atoms with van der Waals surface area (Å²) in [6.45, 7) is 2.75. The Bertz CT molecular complexity index is 488. The summed E-state index contributed by atoms with van der Waals surface area (Å²) >= 11 is 0. The third kappa shape index (κ3) is 1.45. The van der Waals surface area contributed by atoms with E-state index in [0.717, 1.165) is 12.1 Å². The molecule has 0 spiro atoms. The fourth-order valence-corrected chi connectivity index (χ4v) is 3.13. The van der Waals surface area contributed by atoms with Gasteiger partial charge in [0.25, 0.3) is 0 Å². The van der Waals surface area contributed by atoms with Crippen molar-refractivity contribution in [3.8, 4) is 0 Å². The van der Waals surface area contributed by atoms with E-state index in [1.54, 1.807) is 11.8 Å². The number of aliphatic hydroxyl groups is 1. The van der Waals surface area contributed by atoms with Gasteiger partial charge in [0.1, 0.15) is 0 Å². The zero-order chi connectivity index (χ0) is 12.8. The summed E-state index contributed by atoms with van der Waals surface area (Å²) in [6, 6.07) is 7.98. The summed E-state index contributed by atoms with van der Waals surface area (Å²) < 4.78 is 5.02. The number of hydrogen-bond acceptors (Lipinski definition) is 4. The average molecular weight is 247 g/mol. The molecule has 1 fully saturated rings. The molecule has 1 aromatic carbocycles.